The molecule has 1 unspecified atom stereocenters. The summed E-state index contributed by atoms with van der Waals surface area (Å²) in [7, 11) is 0. The zero-order valence-electron chi connectivity index (χ0n) is 8.43. The van der Waals surface area contributed by atoms with E-state index in [4.69, 9.17) is 17.2 Å². The largest absolute Gasteiger partial charge is 0.321 e. The highest BCUT2D eigenvalue weighted by Crippen LogP contribution is 2.24. The maximum absolute atomic E-state index is 6.02. The molecule has 0 spiro atoms. The van der Waals surface area contributed by atoms with Crippen molar-refractivity contribution in [3.8, 4) is 0 Å². The summed E-state index contributed by atoms with van der Waals surface area (Å²) < 4.78 is 0. The molecule has 1 aliphatic rings. The SMILES string of the molecule is NC1C(c2ccccc2)=CC=CC1(N)N. The van der Waals surface area contributed by atoms with Crippen LogP contribution in [-0.2, 0) is 0 Å². The van der Waals surface area contributed by atoms with Crippen LogP contribution in [0.3, 0.4) is 0 Å². The average Bonchev–Trinajstić information content (AvgIpc) is 2.23. The van der Waals surface area contributed by atoms with Crippen LogP contribution in [0.1, 0.15) is 5.56 Å². The van der Waals surface area contributed by atoms with Gasteiger partial charge in [0.1, 0.15) is 5.66 Å². The maximum atomic E-state index is 6.02. The number of hydrogen-bond acceptors (Lipinski definition) is 3. The maximum Gasteiger partial charge on any atom is 0.103 e. The molecule has 15 heavy (non-hydrogen) atoms. The third-order valence-corrected chi connectivity index (χ3v) is 2.64. The van der Waals surface area contributed by atoms with Gasteiger partial charge in [-0.2, -0.15) is 0 Å². The molecule has 1 aromatic carbocycles. The Balaban J connectivity index is 2.39. The topological polar surface area (TPSA) is 78.1 Å². The van der Waals surface area contributed by atoms with E-state index in [0.29, 0.717) is 0 Å². The molecule has 1 atom stereocenters. The summed E-state index contributed by atoms with van der Waals surface area (Å²) in [4.78, 5) is 0. The van der Waals surface area contributed by atoms with E-state index in [1.54, 1.807) is 6.08 Å². The molecule has 3 nitrogen and oxygen atoms in total. The zero-order chi connectivity index (χ0) is 10.9. The van der Waals surface area contributed by atoms with Gasteiger partial charge in [0, 0.05) is 0 Å². The Bertz CT molecular complexity index is 404. The molecule has 3 heteroatoms. The third-order valence-electron chi connectivity index (χ3n) is 2.64. The molecule has 0 saturated heterocycles. The van der Waals surface area contributed by atoms with Crippen molar-refractivity contribution >= 4 is 5.57 Å². The van der Waals surface area contributed by atoms with Crippen molar-refractivity contribution in [2.45, 2.75) is 11.7 Å². The molecule has 2 rings (SSSR count). The third kappa shape index (κ3) is 1.85. The molecule has 78 valence electrons. The summed E-state index contributed by atoms with van der Waals surface area (Å²) in [5, 5.41) is 0. The molecule has 1 aromatic rings. The fraction of sp³-hybridized carbons (Fsp3) is 0.167. The summed E-state index contributed by atoms with van der Waals surface area (Å²) in [6.45, 7) is 0. The fourth-order valence-electron chi connectivity index (χ4n) is 1.70. The van der Waals surface area contributed by atoms with Crippen molar-refractivity contribution in [1.82, 2.24) is 0 Å². The van der Waals surface area contributed by atoms with Crippen LogP contribution in [-0.4, -0.2) is 11.7 Å². The monoisotopic (exact) mass is 201 g/mol. The van der Waals surface area contributed by atoms with E-state index in [9.17, 15) is 0 Å². The van der Waals surface area contributed by atoms with E-state index in [1.165, 1.54) is 0 Å². The van der Waals surface area contributed by atoms with Gasteiger partial charge in [-0.3, -0.25) is 0 Å². The van der Waals surface area contributed by atoms with Crippen molar-refractivity contribution < 1.29 is 0 Å². The van der Waals surface area contributed by atoms with Crippen molar-refractivity contribution in [2.24, 2.45) is 17.2 Å². The van der Waals surface area contributed by atoms with Gasteiger partial charge in [0.05, 0.1) is 6.04 Å². The van der Waals surface area contributed by atoms with Crippen LogP contribution >= 0.6 is 0 Å². The molecular formula is C12H15N3. The van der Waals surface area contributed by atoms with E-state index in [0.717, 1.165) is 11.1 Å². The Kier molecular flexibility index (Phi) is 2.44. The summed E-state index contributed by atoms with van der Waals surface area (Å²) in [5.74, 6) is 0. The Morgan fingerprint density at radius 2 is 1.73 bits per heavy atom. The number of hydrogen-bond donors (Lipinski definition) is 3. The second-order valence-corrected chi connectivity index (χ2v) is 3.82. The van der Waals surface area contributed by atoms with Gasteiger partial charge in [0.25, 0.3) is 0 Å². The van der Waals surface area contributed by atoms with Gasteiger partial charge in [-0.25, -0.2) is 0 Å². The molecular weight excluding hydrogens is 186 g/mol. The van der Waals surface area contributed by atoms with Crippen molar-refractivity contribution in [3.05, 3.63) is 54.1 Å². The van der Waals surface area contributed by atoms with E-state index < -0.39 is 5.66 Å². The lowest BCUT2D eigenvalue weighted by Gasteiger charge is -2.32. The van der Waals surface area contributed by atoms with Crippen LogP contribution in [0.4, 0.5) is 0 Å². The standard InChI is InChI=1S/C12H15N3/c13-11-10(7-4-8-12(11,14)15)9-5-2-1-3-6-9/h1-8,11H,13-15H2. The summed E-state index contributed by atoms with van der Waals surface area (Å²) in [6, 6.07) is 9.53. The number of benzene rings is 1. The Labute approximate surface area is 89.3 Å². The first-order chi connectivity index (χ1) is 7.11. The lowest BCUT2D eigenvalue weighted by atomic mass is 9.86. The molecule has 0 aromatic heterocycles. The minimum atomic E-state index is -0.958. The normalized spacial score (nSPS) is 23.7. The molecule has 0 saturated carbocycles. The molecule has 1 aliphatic carbocycles. The van der Waals surface area contributed by atoms with Gasteiger partial charge < -0.3 is 17.2 Å². The van der Waals surface area contributed by atoms with Crippen molar-refractivity contribution in [3.63, 3.8) is 0 Å². The molecule has 0 amide bonds. The zero-order valence-corrected chi connectivity index (χ0v) is 8.43. The van der Waals surface area contributed by atoms with Crippen LogP contribution < -0.4 is 17.2 Å². The number of nitrogens with two attached hydrogens (primary N) is 3. The van der Waals surface area contributed by atoms with Crippen LogP contribution in [0.15, 0.2) is 48.6 Å². The highest BCUT2D eigenvalue weighted by molar-refractivity contribution is 5.74. The predicted octanol–water partition coefficient (Wildman–Crippen LogP) is 0.581. The van der Waals surface area contributed by atoms with Gasteiger partial charge in [-0.05, 0) is 17.2 Å². The van der Waals surface area contributed by atoms with Crippen LogP contribution in [0, 0.1) is 0 Å². The Morgan fingerprint density at radius 3 is 2.40 bits per heavy atom. The smallest absolute Gasteiger partial charge is 0.103 e. The highest BCUT2D eigenvalue weighted by atomic mass is 15.0. The van der Waals surface area contributed by atoms with Gasteiger partial charge in [-0.15, -0.1) is 0 Å². The van der Waals surface area contributed by atoms with Crippen molar-refractivity contribution in [1.29, 1.82) is 0 Å². The first-order valence-electron chi connectivity index (χ1n) is 4.89. The molecule has 6 N–H and O–H groups in total. The fourth-order valence-corrected chi connectivity index (χ4v) is 1.70. The second-order valence-electron chi connectivity index (χ2n) is 3.82. The van der Waals surface area contributed by atoms with Gasteiger partial charge in [0.15, 0.2) is 0 Å². The lowest BCUT2D eigenvalue weighted by molar-refractivity contribution is 0.498. The number of rotatable bonds is 1. The molecule has 0 aliphatic heterocycles. The molecule has 0 radical (unpaired) electrons. The summed E-state index contributed by atoms with van der Waals surface area (Å²) in [6.07, 6.45) is 5.54. The lowest BCUT2D eigenvalue weighted by Crippen LogP contribution is -2.62. The summed E-state index contributed by atoms with van der Waals surface area (Å²) >= 11 is 0. The minimum absolute atomic E-state index is 0.370. The minimum Gasteiger partial charge on any atom is -0.321 e. The number of allylic oxidation sites excluding steroid dienone is 2. The van der Waals surface area contributed by atoms with Gasteiger partial charge >= 0.3 is 0 Å². The average molecular weight is 201 g/mol. The molecule has 0 bridgehead atoms. The highest BCUT2D eigenvalue weighted by Gasteiger charge is 2.30. The Hall–Kier alpha value is -1.42. The van der Waals surface area contributed by atoms with E-state index >= 15 is 0 Å². The van der Waals surface area contributed by atoms with E-state index in [1.807, 2.05) is 42.5 Å². The predicted molar refractivity (Wildman–Crippen MR) is 62.6 cm³/mol. The van der Waals surface area contributed by atoms with Gasteiger partial charge in [-0.1, -0.05) is 42.5 Å². The van der Waals surface area contributed by atoms with E-state index in [2.05, 4.69) is 0 Å². The first-order valence-corrected chi connectivity index (χ1v) is 4.89. The quantitative estimate of drug-likeness (QED) is 0.582. The summed E-state index contributed by atoms with van der Waals surface area (Å²) in [5.41, 5.74) is 18.8. The Morgan fingerprint density at radius 1 is 1.07 bits per heavy atom. The van der Waals surface area contributed by atoms with Crippen LogP contribution in [0.2, 0.25) is 0 Å². The van der Waals surface area contributed by atoms with Crippen molar-refractivity contribution in [2.75, 3.05) is 0 Å². The second kappa shape index (κ2) is 3.62. The van der Waals surface area contributed by atoms with Crippen LogP contribution in [0.5, 0.6) is 0 Å². The van der Waals surface area contributed by atoms with Crippen LogP contribution in [0.25, 0.3) is 5.57 Å². The molecule has 0 fully saturated rings. The first kappa shape index (κ1) is 10.1. The van der Waals surface area contributed by atoms with E-state index in [-0.39, 0.29) is 6.04 Å². The van der Waals surface area contributed by atoms with Gasteiger partial charge in [0.2, 0.25) is 0 Å². The molecule has 0 heterocycles.